The number of aryl methyl sites for hydroxylation is 3. The van der Waals surface area contributed by atoms with Crippen molar-refractivity contribution in [2.24, 2.45) is 0 Å². The SMILES string of the molecule is CCc1nc2ccc(C)cc2n1CCCCOc1ccc(OC)cc1. The molecule has 132 valence electrons. The van der Waals surface area contributed by atoms with Crippen LogP contribution in [0.1, 0.15) is 31.2 Å². The average molecular weight is 338 g/mol. The summed E-state index contributed by atoms with van der Waals surface area (Å²) in [6.07, 6.45) is 3.04. The molecular formula is C21H26N2O2. The van der Waals surface area contributed by atoms with Crippen molar-refractivity contribution in [3.8, 4) is 11.5 Å². The fourth-order valence-corrected chi connectivity index (χ4v) is 3.04. The summed E-state index contributed by atoms with van der Waals surface area (Å²) in [5.41, 5.74) is 3.61. The van der Waals surface area contributed by atoms with E-state index in [2.05, 4.69) is 36.6 Å². The van der Waals surface area contributed by atoms with Crippen molar-refractivity contribution in [2.75, 3.05) is 13.7 Å². The number of hydrogen-bond donors (Lipinski definition) is 0. The maximum atomic E-state index is 5.81. The maximum absolute atomic E-state index is 5.81. The van der Waals surface area contributed by atoms with E-state index in [4.69, 9.17) is 14.5 Å². The van der Waals surface area contributed by atoms with Crippen molar-refractivity contribution in [2.45, 2.75) is 39.7 Å². The second-order valence-electron chi connectivity index (χ2n) is 6.26. The summed E-state index contributed by atoms with van der Waals surface area (Å²) >= 11 is 0. The highest BCUT2D eigenvalue weighted by Crippen LogP contribution is 2.20. The van der Waals surface area contributed by atoms with Crippen LogP contribution in [0.3, 0.4) is 0 Å². The number of nitrogens with zero attached hydrogens (tertiary/aromatic N) is 2. The van der Waals surface area contributed by atoms with Crippen LogP contribution in [0.25, 0.3) is 11.0 Å². The smallest absolute Gasteiger partial charge is 0.119 e. The molecule has 25 heavy (non-hydrogen) atoms. The van der Waals surface area contributed by atoms with Gasteiger partial charge in [-0.05, 0) is 61.7 Å². The lowest BCUT2D eigenvalue weighted by Crippen LogP contribution is -2.05. The first kappa shape index (κ1) is 17.3. The Hall–Kier alpha value is -2.49. The first-order valence-electron chi connectivity index (χ1n) is 8.94. The van der Waals surface area contributed by atoms with E-state index in [9.17, 15) is 0 Å². The molecule has 0 amide bonds. The summed E-state index contributed by atoms with van der Waals surface area (Å²) < 4.78 is 13.3. The van der Waals surface area contributed by atoms with Gasteiger partial charge in [0.15, 0.2) is 0 Å². The number of hydrogen-bond acceptors (Lipinski definition) is 3. The van der Waals surface area contributed by atoms with Gasteiger partial charge in [0.1, 0.15) is 17.3 Å². The summed E-state index contributed by atoms with van der Waals surface area (Å²) in [5, 5.41) is 0. The van der Waals surface area contributed by atoms with Crippen molar-refractivity contribution in [1.82, 2.24) is 9.55 Å². The van der Waals surface area contributed by atoms with Crippen LogP contribution < -0.4 is 9.47 Å². The summed E-state index contributed by atoms with van der Waals surface area (Å²) in [5.74, 6) is 2.90. The van der Waals surface area contributed by atoms with E-state index in [1.807, 2.05) is 24.3 Å². The Morgan fingerprint density at radius 1 is 1.00 bits per heavy atom. The molecule has 3 aromatic rings. The molecule has 1 heterocycles. The van der Waals surface area contributed by atoms with Gasteiger partial charge in [-0.25, -0.2) is 4.98 Å². The van der Waals surface area contributed by atoms with E-state index in [-0.39, 0.29) is 0 Å². The Balaban J connectivity index is 1.55. The van der Waals surface area contributed by atoms with Gasteiger partial charge in [-0.15, -0.1) is 0 Å². The molecule has 0 spiro atoms. The normalized spacial score (nSPS) is 11.0. The third-order valence-electron chi connectivity index (χ3n) is 4.40. The van der Waals surface area contributed by atoms with Crippen molar-refractivity contribution >= 4 is 11.0 Å². The molecule has 0 fully saturated rings. The minimum absolute atomic E-state index is 0.722. The van der Waals surface area contributed by atoms with Crippen molar-refractivity contribution in [1.29, 1.82) is 0 Å². The van der Waals surface area contributed by atoms with Gasteiger partial charge < -0.3 is 14.0 Å². The Morgan fingerprint density at radius 3 is 2.48 bits per heavy atom. The molecule has 0 unspecified atom stereocenters. The molecular weight excluding hydrogens is 312 g/mol. The summed E-state index contributed by atoms with van der Waals surface area (Å²) in [7, 11) is 1.67. The second-order valence-corrected chi connectivity index (χ2v) is 6.26. The van der Waals surface area contributed by atoms with Gasteiger partial charge in [0.05, 0.1) is 24.8 Å². The average Bonchev–Trinajstić information content (AvgIpc) is 2.99. The predicted octanol–water partition coefficient (Wildman–Crippen LogP) is 4.77. The molecule has 0 bridgehead atoms. The summed E-state index contributed by atoms with van der Waals surface area (Å²) in [6, 6.07) is 14.2. The molecule has 3 rings (SSSR count). The molecule has 0 N–H and O–H groups in total. The topological polar surface area (TPSA) is 36.3 Å². The Labute approximate surface area is 149 Å². The molecule has 4 heteroatoms. The van der Waals surface area contributed by atoms with Gasteiger partial charge in [-0.2, -0.15) is 0 Å². The number of unbranched alkanes of at least 4 members (excludes halogenated alkanes) is 1. The van der Waals surface area contributed by atoms with Gasteiger partial charge >= 0.3 is 0 Å². The maximum Gasteiger partial charge on any atom is 0.119 e. The quantitative estimate of drug-likeness (QED) is 0.555. The lowest BCUT2D eigenvalue weighted by atomic mass is 10.2. The van der Waals surface area contributed by atoms with Crippen LogP contribution in [0.4, 0.5) is 0 Å². The number of methoxy groups -OCH3 is 1. The lowest BCUT2D eigenvalue weighted by Gasteiger charge is -2.10. The largest absolute Gasteiger partial charge is 0.497 e. The number of aromatic nitrogens is 2. The highest BCUT2D eigenvalue weighted by atomic mass is 16.5. The van der Waals surface area contributed by atoms with Crippen LogP contribution in [-0.4, -0.2) is 23.3 Å². The summed E-state index contributed by atoms with van der Waals surface area (Å²) in [4.78, 5) is 4.75. The highest BCUT2D eigenvalue weighted by molar-refractivity contribution is 5.76. The van der Waals surface area contributed by atoms with Crippen molar-refractivity contribution in [3.05, 3.63) is 53.9 Å². The van der Waals surface area contributed by atoms with E-state index in [1.54, 1.807) is 7.11 Å². The molecule has 0 radical (unpaired) electrons. The minimum atomic E-state index is 0.722. The Morgan fingerprint density at radius 2 is 1.76 bits per heavy atom. The molecule has 0 aliphatic carbocycles. The monoisotopic (exact) mass is 338 g/mol. The molecule has 2 aromatic carbocycles. The van der Waals surface area contributed by atoms with E-state index in [0.717, 1.165) is 55.3 Å². The van der Waals surface area contributed by atoms with Crippen molar-refractivity contribution < 1.29 is 9.47 Å². The van der Waals surface area contributed by atoms with Gasteiger partial charge in [0, 0.05) is 13.0 Å². The molecule has 0 aliphatic rings. The Kier molecular flexibility index (Phi) is 5.59. The molecule has 0 aliphatic heterocycles. The fraction of sp³-hybridized carbons (Fsp3) is 0.381. The van der Waals surface area contributed by atoms with E-state index < -0.39 is 0 Å². The number of ether oxygens (including phenoxy) is 2. The predicted molar refractivity (Wildman–Crippen MR) is 102 cm³/mol. The zero-order valence-corrected chi connectivity index (χ0v) is 15.3. The van der Waals surface area contributed by atoms with Crippen molar-refractivity contribution in [3.63, 3.8) is 0 Å². The third-order valence-corrected chi connectivity index (χ3v) is 4.40. The van der Waals surface area contributed by atoms with Crippen LogP contribution >= 0.6 is 0 Å². The fourth-order valence-electron chi connectivity index (χ4n) is 3.04. The summed E-state index contributed by atoms with van der Waals surface area (Å²) in [6.45, 7) is 6.00. The second kappa shape index (κ2) is 8.06. The van der Waals surface area contributed by atoms with Crippen LogP contribution in [0, 0.1) is 6.92 Å². The number of fused-ring (bicyclic) bond motifs is 1. The minimum Gasteiger partial charge on any atom is -0.497 e. The molecule has 0 saturated carbocycles. The number of imidazole rings is 1. The highest BCUT2D eigenvalue weighted by Gasteiger charge is 2.09. The molecule has 1 aromatic heterocycles. The number of rotatable bonds is 8. The van der Waals surface area contributed by atoms with Gasteiger partial charge in [-0.1, -0.05) is 13.0 Å². The van der Waals surface area contributed by atoms with E-state index in [1.165, 1.54) is 11.1 Å². The molecule has 0 saturated heterocycles. The van der Waals surface area contributed by atoms with Crippen LogP contribution in [0.15, 0.2) is 42.5 Å². The number of benzene rings is 2. The first-order chi connectivity index (χ1) is 12.2. The standard InChI is InChI=1S/C21H26N2O2/c1-4-21-22-19-12-7-16(2)15-20(19)23(21)13-5-6-14-25-18-10-8-17(24-3)9-11-18/h7-12,15H,4-6,13-14H2,1-3H3. The van der Waals surface area contributed by atoms with Gasteiger partial charge in [0.25, 0.3) is 0 Å². The van der Waals surface area contributed by atoms with Gasteiger partial charge in [-0.3, -0.25) is 0 Å². The van der Waals surface area contributed by atoms with E-state index in [0.29, 0.717) is 0 Å². The van der Waals surface area contributed by atoms with Crippen LogP contribution in [0.2, 0.25) is 0 Å². The Bertz CT molecular complexity index is 822. The van der Waals surface area contributed by atoms with E-state index >= 15 is 0 Å². The first-order valence-corrected chi connectivity index (χ1v) is 8.94. The zero-order chi connectivity index (χ0) is 17.6. The zero-order valence-electron chi connectivity index (χ0n) is 15.3. The third kappa shape index (κ3) is 4.13. The van der Waals surface area contributed by atoms with Crippen LogP contribution in [-0.2, 0) is 13.0 Å². The molecule has 0 atom stereocenters. The van der Waals surface area contributed by atoms with Gasteiger partial charge in [0.2, 0.25) is 0 Å². The van der Waals surface area contributed by atoms with Crippen LogP contribution in [0.5, 0.6) is 11.5 Å². The lowest BCUT2D eigenvalue weighted by molar-refractivity contribution is 0.302. The molecule has 4 nitrogen and oxygen atoms in total.